The zero-order valence-electron chi connectivity index (χ0n) is 12.2. The number of nitro groups is 1. The predicted octanol–water partition coefficient (Wildman–Crippen LogP) is 3.60. The number of carboxylic acid groups (broad SMARTS) is 2. The second kappa shape index (κ2) is 7.32. The van der Waals surface area contributed by atoms with Crippen LogP contribution in [0, 0.1) is 10.1 Å². The summed E-state index contributed by atoms with van der Waals surface area (Å²) < 4.78 is 5.15. The lowest BCUT2D eigenvalue weighted by Crippen LogP contribution is -2.08. The molecular formula is C14H11NO7S2. The van der Waals surface area contributed by atoms with E-state index in [4.69, 9.17) is 9.84 Å². The molecule has 0 fully saturated rings. The number of benzene rings is 1. The Morgan fingerprint density at radius 1 is 1.25 bits per heavy atom. The van der Waals surface area contributed by atoms with Crippen molar-refractivity contribution in [3.63, 3.8) is 0 Å². The third-order valence-corrected chi connectivity index (χ3v) is 4.98. The van der Waals surface area contributed by atoms with Gasteiger partial charge in [0.25, 0.3) is 0 Å². The van der Waals surface area contributed by atoms with Gasteiger partial charge in [0.05, 0.1) is 16.4 Å². The van der Waals surface area contributed by atoms with Crippen molar-refractivity contribution < 1.29 is 29.5 Å². The summed E-state index contributed by atoms with van der Waals surface area (Å²) in [6.07, 6.45) is 0. The summed E-state index contributed by atoms with van der Waals surface area (Å²) in [5.41, 5.74) is -1.18. The Hall–Kier alpha value is -2.59. The average molecular weight is 369 g/mol. The summed E-state index contributed by atoms with van der Waals surface area (Å²) in [5, 5.41) is 31.4. The molecule has 1 aromatic heterocycles. The number of hydrogen-bond acceptors (Lipinski definition) is 7. The maximum absolute atomic E-state index is 11.5. The van der Waals surface area contributed by atoms with Gasteiger partial charge in [0.2, 0.25) is 0 Å². The molecule has 0 spiro atoms. The minimum Gasteiger partial charge on any atom is -0.493 e. The normalized spacial score (nSPS) is 10.4. The van der Waals surface area contributed by atoms with Crippen molar-refractivity contribution in [1.29, 1.82) is 0 Å². The molecule has 0 bridgehead atoms. The number of nitro benzene ring substituents is 1. The van der Waals surface area contributed by atoms with E-state index in [1.54, 1.807) is 12.3 Å². The van der Waals surface area contributed by atoms with Crippen molar-refractivity contribution in [2.24, 2.45) is 0 Å². The molecule has 10 heteroatoms. The number of hydrogen-bond donors (Lipinski definition) is 2. The van der Waals surface area contributed by atoms with Crippen LogP contribution in [0.15, 0.2) is 33.4 Å². The molecule has 0 aliphatic carbocycles. The molecule has 2 N–H and O–H groups in total. The van der Waals surface area contributed by atoms with E-state index in [-0.39, 0.29) is 22.1 Å². The maximum Gasteiger partial charge on any atom is 0.347 e. The van der Waals surface area contributed by atoms with E-state index in [1.165, 1.54) is 18.2 Å². The van der Waals surface area contributed by atoms with Crippen LogP contribution in [0.3, 0.4) is 0 Å². The van der Waals surface area contributed by atoms with E-state index in [9.17, 15) is 24.8 Å². The summed E-state index contributed by atoms with van der Waals surface area (Å²) >= 11 is 1.81. The molecule has 0 radical (unpaired) electrons. The highest BCUT2D eigenvalue weighted by Gasteiger charge is 2.30. The van der Waals surface area contributed by atoms with E-state index in [2.05, 4.69) is 0 Å². The first-order valence-electron chi connectivity index (χ1n) is 6.52. The molecule has 8 nitrogen and oxygen atoms in total. The number of carboxylic acids is 2. The molecule has 24 heavy (non-hydrogen) atoms. The Morgan fingerprint density at radius 3 is 2.50 bits per heavy atom. The molecule has 0 aliphatic heterocycles. The quantitative estimate of drug-likeness (QED) is 0.560. The van der Waals surface area contributed by atoms with Crippen LogP contribution < -0.4 is 4.74 Å². The summed E-state index contributed by atoms with van der Waals surface area (Å²) in [6.45, 7) is 1.78. The Kier molecular flexibility index (Phi) is 5.42. The second-order valence-electron chi connectivity index (χ2n) is 4.30. The molecule has 0 amide bonds. The van der Waals surface area contributed by atoms with Crippen LogP contribution in [-0.4, -0.2) is 33.7 Å². The van der Waals surface area contributed by atoms with Crippen molar-refractivity contribution in [2.75, 3.05) is 6.61 Å². The number of nitrogens with zero attached hydrogens (tertiary/aromatic N) is 1. The fraction of sp³-hybridized carbons (Fsp3) is 0.143. The van der Waals surface area contributed by atoms with E-state index in [1.807, 2.05) is 0 Å². The second-order valence-corrected chi connectivity index (χ2v) is 6.30. The van der Waals surface area contributed by atoms with Gasteiger partial charge in [0.1, 0.15) is 10.6 Å². The fourth-order valence-corrected chi connectivity index (χ4v) is 3.89. The first kappa shape index (κ1) is 17.8. The third-order valence-electron chi connectivity index (χ3n) is 2.84. The Balaban J connectivity index is 2.60. The zero-order chi connectivity index (χ0) is 17.9. The number of aromatic carboxylic acids is 2. The third kappa shape index (κ3) is 3.49. The molecule has 0 unspecified atom stereocenters. The van der Waals surface area contributed by atoms with Crippen LogP contribution >= 0.6 is 23.1 Å². The topological polar surface area (TPSA) is 127 Å². The van der Waals surface area contributed by atoms with Gasteiger partial charge in [-0.2, -0.15) is 0 Å². The lowest BCUT2D eigenvalue weighted by atomic mass is 10.1. The standard InChI is InChI=1S/C14H11NO7S2/c1-2-22-7-3-4-8(11(15(20)21)10(7)13(16)17)24-9-5-6-23-12(9)14(18)19/h3-6H,2H2,1H3,(H,16,17)(H,18,19). The molecule has 1 aromatic carbocycles. The van der Waals surface area contributed by atoms with Crippen molar-refractivity contribution in [3.05, 3.63) is 44.1 Å². The highest BCUT2D eigenvalue weighted by Crippen LogP contribution is 2.42. The van der Waals surface area contributed by atoms with Crippen LogP contribution in [0.5, 0.6) is 5.75 Å². The summed E-state index contributed by atoms with van der Waals surface area (Å²) in [4.78, 5) is 33.6. The van der Waals surface area contributed by atoms with Gasteiger partial charge in [-0.25, -0.2) is 9.59 Å². The maximum atomic E-state index is 11.5. The van der Waals surface area contributed by atoms with Crippen LogP contribution in [0.4, 0.5) is 5.69 Å². The lowest BCUT2D eigenvalue weighted by Gasteiger charge is -2.10. The molecule has 0 atom stereocenters. The molecule has 1 heterocycles. The van der Waals surface area contributed by atoms with Gasteiger partial charge in [0.15, 0.2) is 5.56 Å². The van der Waals surface area contributed by atoms with Crippen molar-refractivity contribution in [3.8, 4) is 5.75 Å². The molecule has 0 aliphatic rings. The summed E-state index contributed by atoms with van der Waals surface area (Å²) in [5.74, 6) is -2.75. The first-order valence-corrected chi connectivity index (χ1v) is 8.22. The zero-order valence-corrected chi connectivity index (χ0v) is 13.8. The lowest BCUT2D eigenvalue weighted by molar-refractivity contribution is -0.388. The highest BCUT2D eigenvalue weighted by molar-refractivity contribution is 7.99. The highest BCUT2D eigenvalue weighted by atomic mass is 32.2. The smallest absolute Gasteiger partial charge is 0.347 e. The van der Waals surface area contributed by atoms with Crippen LogP contribution in [0.1, 0.15) is 27.0 Å². The van der Waals surface area contributed by atoms with Gasteiger partial charge in [-0.05, 0) is 30.5 Å². The predicted molar refractivity (Wildman–Crippen MR) is 86.6 cm³/mol. The van der Waals surface area contributed by atoms with Gasteiger partial charge >= 0.3 is 17.6 Å². The van der Waals surface area contributed by atoms with Gasteiger partial charge in [-0.15, -0.1) is 11.3 Å². The summed E-state index contributed by atoms with van der Waals surface area (Å²) in [6, 6.07) is 4.19. The largest absolute Gasteiger partial charge is 0.493 e. The van der Waals surface area contributed by atoms with Gasteiger partial charge in [-0.1, -0.05) is 11.8 Å². The fourth-order valence-electron chi connectivity index (χ4n) is 1.95. The molecule has 126 valence electrons. The van der Waals surface area contributed by atoms with Crippen molar-refractivity contribution in [1.82, 2.24) is 0 Å². The summed E-state index contributed by atoms with van der Waals surface area (Å²) in [7, 11) is 0. The SMILES string of the molecule is CCOc1ccc(Sc2ccsc2C(=O)O)c([N+](=O)[O-])c1C(=O)O. The molecular weight excluding hydrogens is 358 g/mol. The molecule has 0 saturated carbocycles. The van der Waals surface area contributed by atoms with Crippen molar-refractivity contribution in [2.45, 2.75) is 16.7 Å². The van der Waals surface area contributed by atoms with E-state index >= 15 is 0 Å². The van der Waals surface area contributed by atoms with Gasteiger partial charge < -0.3 is 14.9 Å². The Labute approximate surface area is 143 Å². The van der Waals surface area contributed by atoms with Crippen LogP contribution in [-0.2, 0) is 0 Å². The minimum absolute atomic E-state index is 0.0278. The van der Waals surface area contributed by atoms with Crippen molar-refractivity contribution >= 4 is 40.7 Å². The molecule has 2 aromatic rings. The number of rotatable bonds is 7. The monoisotopic (exact) mass is 369 g/mol. The van der Waals surface area contributed by atoms with Gasteiger partial charge in [-0.3, -0.25) is 10.1 Å². The van der Waals surface area contributed by atoms with Crippen LogP contribution in [0.25, 0.3) is 0 Å². The van der Waals surface area contributed by atoms with E-state index in [0.29, 0.717) is 4.90 Å². The number of carbonyl (C=O) groups is 2. The number of thiophene rings is 1. The van der Waals surface area contributed by atoms with E-state index < -0.39 is 28.1 Å². The average Bonchev–Trinajstić information content (AvgIpc) is 2.96. The molecule has 2 rings (SSSR count). The number of ether oxygens (including phenoxy) is 1. The minimum atomic E-state index is -1.49. The van der Waals surface area contributed by atoms with E-state index in [0.717, 1.165) is 23.1 Å². The molecule has 0 saturated heterocycles. The first-order chi connectivity index (χ1) is 11.4. The van der Waals surface area contributed by atoms with Crippen LogP contribution in [0.2, 0.25) is 0 Å². The Bertz CT molecular complexity index is 815. The van der Waals surface area contributed by atoms with Gasteiger partial charge in [0, 0.05) is 4.90 Å². The Morgan fingerprint density at radius 2 is 1.96 bits per heavy atom.